The number of ether oxygens (including phenoxy) is 1. The summed E-state index contributed by atoms with van der Waals surface area (Å²) in [6.45, 7) is 7.85. The Labute approximate surface area is 255 Å². The molecule has 0 bridgehead atoms. The minimum atomic E-state index is -0.0950. The van der Waals surface area contributed by atoms with Crippen molar-refractivity contribution >= 4 is 57.5 Å². The maximum atomic E-state index is 14.3. The first-order valence-electron chi connectivity index (χ1n) is 13.9. The third-order valence-corrected chi connectivity index (χ3v) is 9.21. The van der Waals surface area contributed by atoms with Crippen LogP contribution in [0.5, 0.6) is 0 Å². The summed E-state index contributed by atoms with van der Waals surface area (Å²) in [6, 6.07) is 25.6. The number of anilines is 1. The molecule has 1 fully saturated rings. The summed E-state index contributed by atoms with van der Waals surface area (Å²) >= 11 is 2.99. The molecule has 0 aliphatic carbocycles. The highest BCUT2D eigenvalue weighted by molar-refractivity contribution is 8.19. The molecule has 42 heavy (non-hydrogen) atoms. The maximum absolute atomic E-state index is 14.3. The van der Waals surface area contributed by atoms with E-state index in [9.17, 15) is 9.59 Å². The quantitative estimate of drug-likeness (QED) is 0.193. The van der Waals surface area contributed by atoms with Gasteiger partial charge < -0.3 is 15.0 Å². The largest absolute Gasteiger partial charge is 0.384 e. The number of allylic oxidation sites excluding steroid dienone is 1. The highest BCUT2D eigenvalue weighted by atomic mass is 32.2. The number of rotatable bonds is 10. The van der Waals surface area contributed by atoms with E-state index >= 15 is 0 Å². The fourth-order valence-corrected chi connectivity index (χ4v) is 7.19. The highest BCUT2D eigenvalue weighted by Gasteiger charge is 2.40. The normalized spacial score (nSPS) is 18.0. The summed E-state index contributed by atoms with van der Waals surface area (Å²) in [5, 5.41) is 4.80. The molecule has 0 aromatic heterocycles. The molecule has 5 rings (SSSR count). The molecule has 216 valence electrons. The van der Waals surface area contributed by atoms with E-state index in [4.69, 9.17) is 9.73 Å². The number of Topliss-reactive ketones (excluding diaryl/α,β-unsaturated/α-hetero) is 1. The van der Waals surface area contributed by atoms with Gasteiger partial charge in [0.1, 0.15) is 4.91 Å². The van der Waals surface area contributed by atoms with Gasteiger partial charge in [-0.15, -0.1) is 0 Å². The van der Waals surface area contributed by atoms with Crippen LogP contribution in [0.4, 0.5) is 11.4 Å². The van der Waals surface area contributed by atoms with Gasteiger partial charge in [0, 0.05) is 30.7 Å². The van der Waals surface area contributed by atoms with E-state index in [2.05, 4.69) is 29.3 Å². The summed E-state index contributed by atoms with van der Waals surface area (Å²) < 4.78 is 5.47. The second-order valence-electron chi connectivity index (χ2n) is 9.84. The van der Waals surface area contributed by atoms with Crippen LogP contribution in [0, 0.1) is 0 Å². The molecule has 0 atom stereocenters. The molecule has 2 aliphatic heterocycles. The zero-order chi connectivity index (χ0) is 29.6. The zero-order valence-corrected chi connectivity index (χ0v) is 25.8. The van der Waals surface area contributed by atoms with Crippen LogP contribution in [-0.2, 0) is 16.1 Å². The van der Waals surface area contributed by atoms with Gasteiger partial charge in [-0.1, -0.05) is 72.4 Å². The number of benzene rings is 3. The Morgan fingerprint density at radius 3 is 2.36 bits per heavy atom. The molecule has 7 nitrogen and oxygen atoms in total. The van der Waals surface area contributed by atoms with Crippen LogP contribution in [0.3, 0.4) is 0 Å². The van der Waals surface area contributed by atoms with Gasteiger partial charge in [0.25, 0.3) is 5.91 Å². The Morgan fingerprint density at radius 2 is 1.69 bits per heavy atom. The van der Waals surface area contributed by atoms with Crippen molar-refractivity contribution in [3.8, 4) is 0 Å². The predicted molar refractivity (Wildman–Crippen MR) is 175 cm³/mol. The predicted octanol–water partition coefficient (Wildman–Crippen LogP) is 7.34. The lowest BCUT2D eigenvalue weighted by Gasteiger charge is -2.24. The Hall–Kier alpha value is -3.79. The molecule has 1 N–H and O–H groups in total. The molecular weight excluding hydrogens is 565 g/mol. The van der Waals surface area contributed by atoms with E-state index in [1.165, 1.54) is 11.8 Å². The zero-order valence-electron chi connectivity index (χ0n) is 24.2. The number of nitrogens with zero attached hydrogens (tertiary/aromatic N) is 3. The van der Waals surface area contributed by atoms with Gasteiger partial charge in [0.05, 0.1) is 35.3 Å². The van der Waals surface area contributed by atoms with E-state index < -0.39 is 0 Å². The van der Waals surface area contributed by atoms with Crippen LogP contribution in [-0.4, -0.2) is 53.5 Å². The topological polar surface area (TPSA) is 74.2 Å². The molecule has 3 aromatic carbocycles. The smallest absolute Gasteiger partial charge is 0.269 e. The second-order valence-corrected chi connectivity index (χ2v) is 12.0. The van der Waals surface area contributed by atoms with Gasteiger partial charge in [-0.05, 0) is 61.9 Å². The summed E-state index contributed by atoms with van der Waals surface area (Å²) in [4.78, 5) is 37.2. The Balaban J connectivity index is 1.62. The van der Waals surface area contributed by atoms with Gasteiger partial charge in [-0.25, -0.2) is 4.99 Å². The van der Waals surface area contributed by atoms with Crippen LogP contribution in [0.2, 0.25) is 0 Å². The number of hydrogen-bond acceptors (Lipinski definition) is 8. The molecule has 2 heterocycles. The van der Waals surface area contributed by atoms with Crippen molar-refractivity contribution in [2.75, 3.05) is 32.1 Å². The third-order valence-electron chi connectivity index (χ3n) is 6.89. The average molecular weight is 599 g/mol. The molecule has 0 saturated carbocycles. The fraction of sp³-hybridized carbons (Fsp3) is 0.242. The van der Waals surface area contributed by atoms with Crippen LogP contribution in [0.1, 0.15) is 42.3 Å². The van der Waals surface area contributed by atoms with Gasteiger partial charge >= 0.3 is 0 Å². The average Bonchev–Trinajstić information content (AvgIpc) is 3.48. The lowest BCUT2D eigenvalue weighted by atomic mass is 10.1. The molecule has 1 saturated heterocycles. The number of carbonyl (C=O) groups excluding carboxylic acids is 2. The second kappa shape index (κ2) is 13.5. The number of aliphatic imine (C=N–C) groups is 1. The van der Waals surface area contributed by atoms with Crippen molar-refractivity contribution in [3.63, 3.8) is 0 Å². The van der Waals surface area contributed by atoms with E-state index in [1.54, 1.807) is 42.8 Å². The number of carbonyl (C=O) groups is 2. The Bertz CT molecular complexity index is 1570. The Kier molecular flexibility index (Phi) is 9.51. The minimum absolute atomic E-state index is 0.0373. The van der Waals surface area contributed by atoms with Crippen LogP contribution >= 0.6 is 23.5 Å². The maximum Gasteiger partial charge on any atom is 0.269 e. The standard InChI is InChI=1S/C33H34N4O3S2/c1-5-34-27-17-16-26(22(2)38)20-28(27)35-33-37(21-24-12-8-6-9-13-24)31(39)30(42-33)32-36(18-19-40-4)29(23(3)41-32)25-14-10-7-11-15-25/h6-17,20,34H,5,18-19,21H2,1-4H3. The first-order chi connectivity index (χ1) is 20.4. The lowest BCUT2D eigenvalue weighted by molar-refractivity contribution is -0.122. The van der Waals surface area contributed by atoms with Crippen molar-refractivity contribution in [1.82, 2.24) is 9.80 Å². The van der Waals surface area contributed by atoms with E-state index in [0.717, 1.165) is 32.4 Å². The van der Waals surface area contributed by atoms with Crippen molar-refractivity contribution in [1.29, 1.82) is 0 Å². The summed E-state index contributed by atoms with van der Waals surface area (Å²) in [5.41, 5.74) is 5.18. The SMILES string of the molecule is CCNc1ccc(C(C)=O)cc1N=C1SC(=C2SC(C)=C(c3ccccc3)N2CCOC)C(=O)N1Cc1ccccc1. The first kappa shape index (κ1) is 29.7. The van der Waals surface area contributed by atoms with E-state index in [0.29, 0.717) is 47.6 Å². The number of amidine groups is 1. The van der Waals surface area contributed by atoms with Crippen LogP contribution in [0.15, 0.2) is 98.7 Å². The molecule has 3 aromatic rings. The summed E-state index contributed by atoms with van der Waals surface area (Å²) in [5.74, 6) is -0.132. The number of nitrogens with one attached hydrogen (secondary N) is 1. The van der Waals surface area contributed by atoms with E-state index in [1.807, 2.05) is 61.5 Å². The van der Waals surface area contributed by atoms with Crippen molar-refractivity contribution in [2.24, 2.45) is 4.99 Å². The van der Waals surface area contributed by atoms with Gasteiger partial charge in [0.2, 0.25) is 0 Å². The van der Waals surface area contributed by atoms with Gasteiger partial charge in [0.15, 0.2) is 11.0 Å². The Morgan fingerprint density at radius 1 is 0.976 bits per heavy atom. The first-order valence-corrected chi connectivity index (χ1v) is 15.5. The molecule has 9 heteroatoms. The molecule has 1 amide bonds. The van der Waals surface area contributed by atoms with Crippen molar-refractivity contribution < 1.29 is 14.3 Å². The van der Waals surface area contributed by atoms with E-state index in [-0.39, 0.29) is 11.7 Å². The molecule has 2 aliphatic rings. The number of amides is 1. The highest BCUT2D eigenvalue weighted by Crippen LogP contribution is 2.50. The molecule has 0 unspecified atom stereocenters. The van der Waals surface area contributed by atoms with Crippen molar-refractivity contribution in [2.45, 2.75) is 27.3 Å². The van der Waals surface area contributed by atoms with Crippen LogP contribution in [0.25, 0.3) is 5.70 Å². The lowest BCUT2D eigenvalue weighted by Crippen LogP contribution is -2.29. The third kappa shape index (κ3) is 6.33. The van der Waals surface area contributed by atoms with Crippen LogP contribution < -0.4 is 5.32 Å². The van der Waals surface area contributed by atoms with Crippen molar-refractivity contribution in [3.05, 3.63) is 110 Å². The fourth-order valence-electron chi connectivity index (χ4n) is 4.87. The number of hydrogen-bond donors (Lipinski definition) is 1. The molecular formula is C33H34N4O3S2. The number of methoxy groups -OCH3 is 1. The monoisotopic (exact) mass is 598 g/mol. The minimum Gasteiger partial charge on any atom is -0.384 e. The summed E-state index contributed by atoms with van der Waals surface area (Å²) in [7, 11) is 1.69. The summed E-state index contributed by atoms with van der Waals surface area (Å²) in [6.07, 6.45) is 0. The molecule has 0 radical (unpaired) electrons. The van der Waals surface area contributed by atoms with Gasteiger partial charge in [-0.2, -0.15) is 0 Å². The number of ketones is 1. The number of thioether (sulfide) groups is 2. The molecule has 0 spiro atoms. The van der Waals surface area contributed by atoms with Gasteiger partial charge in [-0.3, -0.25) is 14.5 Å².